The Kier molecular flexibility index (Phi) is 8.20. The topological polar surface area (TPSA) is 29.3 Å². The van der Waals surface area contributed by atoms with Crippen LogP contribution in [0, 0.1) is 5.92 Å². The van der Waals surface area contributed by atoms with Crippen molar-refractivity contribution in [1.82, 2.24) is 4.90 Å². The summed E-state index contributed by atoms with van der Waals surface area (Å²) in [5.41, 5.74) is 5.97. The molecule has 0 aliphatic rings. The fraction of sp³-hybridized carbons (Fsp3) is 1.00. The lowest BCUT2D eigenvalue weighted by atomic mass is 10.1. The van der Waals surface area contributed by atoms with Crippen LogP contribution in [0.1, 0.15) is 46.5 Å². The Balaban J connectivity index is 3.47. The fourth-order valence-corrected chi connectivity index (χ4v) is 1.65. The van der Waals surface area contributed by atoms with Crippen molar-refractivity contribution in [3.63, 3.8) is 0 Å². The minimum atomic E-state index is 0.402. The number of hydrogen-bond donors (Lipinski definition) is 1. The lowest BCUT2D eigenvalue weighted by Crippen LogP contribution is -2.30. The van der Waals surface area contributed by atoms with E-state index >= 15 is 0 Å². The van der Waals surface area contributed by atoms with E-state index in [1.165, 1.54) is 19.4 Å². The minimum Gasteiger partial charge on any atom is -0.328 e. The molecule has 0 aliphatic heterocycles. The van der Waals surface area contributed by atoms with Gasteiger partial charge >= 0.3 is 0 Å². The maximum atomic E-state index is 5.97. The quantitative estimate of drug-likeness (QED) is 0.652. The van der Waals surface area contributed by atoms with E-state index in [0.29, 0.717) is 6.04 Å². The lowest BCUT2D eigenvalue weighted by Gasteiger charge is -2.22. The summed E-state index contributed by atoms with van der Waals surface area (Å²) < 4.78 is 0. The maximum Gasteiger partial charge on any atom is 0.00509 e. The third kappa shape index (κ3) is 7.34. The van der Waals surface area contributed by atoms with Crippen LogP contribution in [0.4, 0.5) is 0 Å². The molecule has 2 atom stereocenters. The van der Waals surface area contributed by atoms with Crippen LogP contribution in [0.3, 0.4) is 0 Å². The molecule has 0 rings (SSSR count). The van der Waals surface area contributed by atoms with Gasteiger partial charge in [0.25, 0.3) is 0 Å². The van der Waals surface area contributed by atoms with E-state index in [9.17, 15) is 0 Å². The number of nitrogens with two attached hydrogens (primary N) is 1. The van der Waals surface area contributed by atoms with Gasteiger partial charge in [0.15, 0.2) is 0 Å². The van der Waals surface area contributed by atoms with Gasteiger partial charge in [0.2, 0.25) is 0 Å². The second-order valence-corrected chi connectivity index (χ2v) is 4.61. The first-order valence-electron chi connectivity index (χ1n) is 6.04. The molecule has 0 aromatic carbocycles. The Morgan fingerprint density at radius 2 is 1.86 bits per heavy atom. The number of rotatable bonds is 8. The van der Waals surface area contributed by atoms with Crippen molar-refractivity contribution in [3.8, 4) is 0 Å². The van der Waals surface area contributed by atoms with Gasteiger partial charge in [-0.1, -0.05) is 33.6 Å². The molecule has 2 heteroatoms. The van der Waals surface area contributed by atoms with Gasteiger partial charge in [0.1, 0.15) is 0 Å². The molecule has 0 aromatic rings. The zero-order valence-electron chi connectivity index (χ0n) is 10.4. The minimum absolute atomic E-state index is 0.402. The summed E-state index contributed by atoms with van der Waals surface area (Å²) in [7, 11) is 2.20. The van der Waals surface area contributed by atoms with Crippen molar-refractivity contribution >= 4 is 0 Å². The van der Waals surface area contributed by atoms with Gasteiger partial charge in [0, 0.05) is 12.6 Å². The Hall–Kier alpha value is -0.0800. The summed E-state index contributed by atoms with van der Waals surface area (Å²) in [5.74, 6) is 0.808. The van der Waals surface area contributed by atoms with Crippen LogP contribution in [0.25, 0.3) is 0 Å². The van der Waals surface area contributed by atoms with Gasteiger partial charge in [-0.3, -0.25) is 0 Å². The summed E-state index contributed by atoms with van der Waals surface area (Å²) in [4.78, 5) is 2.41. The predicted molar refractivity (Wildman–Crippen MR) is 64.5 cm³/mol. The van der Waals surface area contributed by atoms with Crippen LogP contribution >= 0.6 is 0 Å². The summed E-state index contributed by atoms with van der Waals surface area (Å²) >= 11 is 0. The predicted octanol–water partition coefficient (Wildman–Crippen LogP) is 2.48. The molecule has 2 nitrogen and oxygen atoms in total. The summed E-state index contributed by atoms with van der Waals surface area (Å²) in [6, 6.07) is 0.402. The summed E-state index contributed by atoms with van der Waals surface area (Å²) in [6.07, 6.45) is 4.78. The molecular weight excluding hydrogens is 172 g/mol. The third-order valence-electron chi connectivity index (χ3n) is 2.86. The molecule has 0 saturated heterocycles. The highest BCUT2D eigenvalue weighted by atomic mass is 15.1. The van der Waals surface area contributed by atoms with E-state index in [0.717, 1.165) is 25.3 Å². The van der Waals surface area contributed by atoms with Gasteiger partial charge in [-0.25, -0.2) is 0 Å². The van der Waals surface area contributed by atoms with Crippen molar-refractivity contribution in [2.45, 2.75) is 52.5 Å². The van der Waals surface area contributed by atoms with Crippen molar-refractivity contribution in [3.05, 3.63) is 0 Å². The first-order chi connectivity index (χ1) is 6.60. The zero-order chi connectivity index (χ0) is 11.0. The van der Waals surface area contributed by atoms with Gasteiger partial charge in [-0.15, -0.1) is 0 Å². The molecular formula is C12H28N2. The van der Waals surface area contributed by atoms with Gasteiger partial charge in [-0.05, 0) is 32.4 Å². The van der Waals surface area contributed by atoms with Gasteiger partial charge < -0.3 is 10.6 Å². The molecule has 0 bridgehead atoms. The molecule has 2 unspecified atom stereocenters. The van der Waals surface area contributed by atoms with Crippen molar-refractivity contribution in [2.75, 3.05) is 20.1 Å². The van der Waals surface area contributed by atoms with E-state index in [1.807, 2.05) is 0 Å². The number of hydrogen-bond acceptors (Lipinski definition) is 2. The van der Waals surface area contributed by atoms with Crippen LogP contribution in [0.5, 0.6) is 0 Å². The van der Waals surface area contributed by atoms with Crippen molar-refractivity contribution in [1.29, 1.82) is 0 Å². The molecule has 86 valence electrons. The van der Waals surface area contributed by atoms with Gasteiger partial charge in [0.05, 0.1) is 0 Å². The third-order valence-corrected chi connectivity index (χ3v) is 2.86. The first-order valence-corrected chi connectivity index (χ1v) is 6.04. The van der Waals surface area contributed by atoms with E-state index in [4.69, 9.17) is 5.73 Å². The molecule has 2 N–H and O–H groups in total. The van der Waals surface area contributed by atoms with Crippen molar-refractivity contribution in [2.24, 2.45) is 11.7 Å². The molecule has 0 aromatic heterocycles. The molecule has 0 radical (unpaired) electrons. The molecule has 0 amide bonds. The van der Waals surface area contributed by atoms with E-state index in [-0.39, 0.29) is 0 Å². The van der Waals surface area contributed by atoms with E-state index < -0.39 is 0 Å². The summed E-state index contributed by atoms with van der Waals surface area (Å²) in [5, 5.41) is 0. The van der Waals surface area contributed by atoms with Crippen LogP contribution in [0.15, 0.2) is 0 Å². The first kappa shape index (κ1) is 13.9. The Bertz CT molecular complexity index is 125. The average Bonchev–Trinajstić information content (AvgIpc) is 2.15. The Morgan fingerprint density at radius 1 is 1.21 bits per heavy atom. The second-order valence-electron chi connectivity index (χ2n) is 4.61. The second kappa shape index (κ2) is 8.25. The van der Waals surface area contributed by atoms with Crippen LogP contribution in [-0.2, 0) is 0 Å². The van der Waals surface area contributed by atoms with E-state index in [1.54, 1.807) is 0 Å². The monoisotopic (exact) mass is 200 g/mol. The Labute approximate surface area is 89.9 Å². The highest BCUT2D eigenvalue weighted by Gasteiger charge is 2.06. The lowest BCUT2D eigenvalue weighted by molar-refractivity contribution is 0.270. The summed E-state index contributed by atoms with van der Waals surface area (Å²) in [6.45, 7) is 9.10. The molecule has 0 spiro atoms. The Morgan fingerprint density at radius 3 is 2.36 bits per heavy atom. The smallest absolute Gasteiger partial charge is 0.00509 e. The largest absolute Gasteiger partial charge is 0.328 e. The van der Waals surface area contributed by atoms with Crippen LogP contribution < -0.4 is 5.73 Å². The maximum absolute atomic E-state index is 5.97. The van der Waals surface area contributed by atoms with Crippen LogP contribution in [0.2, 0.25) is 0 Å². The number of nitrogens with zero attached hydrogens (tertiary/aromatic N) is 1. The van der Waals surface area contributed by atoms with E-state index in [2.05, 4.69) is 32.7 Å². The standard InChI is InChI=1S/C12H28N2/c1-5-7-12(13)8-9-14(4)10-11(3)6-2/h11-12H,5-10,13H2,1-4H3. The van der Waals surface area contributed by atoms with Crippen LogP contribution in [-0.4, -0.2) is 31.1 Å². The molecule has 0 aliphatic carbocycles. The molecule has 0 saturated carbocycles. The normalized spacial score (nSPS) is 15.9. The SMILES string of the molecule is CCCC(N)CCN(C)CC(C)CC. The molecule has 0 heterocycles. The molecule has 14 heavy (non-hydrogen) atoms. The fourth-order valence-electron chi connectivity index (χ4n) is 1.65. The average molecular weight is 200 g/mol. The highest BCUT2D eigenvalue weighted by Crippen LogP contribution is 2.04. The molecule has 0 fully saturated rings. The van der Waals surface area contributed by atoms with Crippen molar-refractivity contribution < 1.29 is 0 Å². The van der Waals surface area contributed by atoms with Gasteiger partial charge in [-0.2, -0.15) is 0 Å². The highest BCUT2D eigenvalue weighted by molar-refractivity contribution is 4.64. The zero-order valence-corrected chi connectivity index (χ0v) is 10.4.